The fourth-order valence-electron chi connectivity index (χ4n) is 8.78. The van der Waals surface area contributed by atoms with Crippen LogP contribution in [-0.2, 0) is 33.2 Å². The first-order valence-corrected chi connectivity index (χ1v) is 19.3. The third-order valence-electron chi connectivity index (χ3n) is 12.2. The number of carbonyl (C=O) groups is 1. The fourth-order valence-corrected chi connectivity index (χ4v) is 8.78. The second-order valence-corrected chi connectivity index (χ2v) is 17.2. The van der Waals surface area contributed by atoms with Gasteiger partial charge < -0.3 is 68.9 Å². The van der Waals surface area contributed by atoms with Crippen molar-refractivity contribution in [2.75, 3.05) is 41.4 Å². The number of rotatable bonds is 8. The van der Waals surface area contributed by atoms with Gasteiger partial charge in [0.25, 0.3) is 0 Å². The second kappa shape index (κ2) is 18.5. The summed E-state index contributed by atoms with van der Waals surface area (Å²) in [5, 5.41) is 69.1. The van der Waals surface area contributed by atoms with Gasteiger partial charge in [-0.15, -0.1) is 0 Å². The Kier molecular flexibility index (Phi) is 16.2. The summed E-state index contributed by atoms with van der Waals surface area (Å²) >= 11 is 0. The van der Waals surface area contributed by atoms with Gasteiger partial charge in [0.05, 0.1) is 42.2 Å². The summed E-state index contributed by atoms with van der Waals surface area (Å²) in [6.07, 6.45) is -9.33. The molecule has 0 radical (unpaired) electrons. The van der Waals surface area contributed by atoms with Gasteiger partial charge >= 0.3 is 5.97 Å². The Balaban J connectivity index is 2.21. The fraction of sp³-hybridized carbons (Fsp3) is 0.974. The van der Waals surface area contributed by atoms with Crippen molar-refractivity contribution in [2.24, 2.45) is 17.8 Å². The lowest BCUT2D eigenvalue weighted by Crippen LogP contribution is -2.61. The standard InChI is InChI=1S/C38H72N2O13/c1-14-27-38(9,47)31(43)23(5)40(12)18-20(2)16-36(7,46)33(53-35-29(42)26(39(10)11)15-21(3)49-35)22(4)30(25(19-41)34(45)51-27)52-28-17-37(8,48-13)32(44)24(6)50-28/h20-33,35,41-44,46-47H,14-19H2,1-13H3/t20-,21-,22+,23-,24+,25-,26+,27-,28+,29-,30+,31-,32+,33-,35+,36-,37-,38-/m1/s1. The first-order valence-electron chi connectivity index (χ1n) is 19.3. The Hall–Kier alpha value is -1.05. The molecule has 0 aliphatic carbocycles. The van der Waals surface area contributed by atoms with E-state index in [4.69, 9.17) is 28.4 Å². The van der Waals surface area contributed by atoms with Gasteiger partial charge in [-0.3, -0.25) is 4.79 Å². The third kappa shape index (κ3) is 10.5. The number of hydrogen-bond donors (Lipinski definition) is 6. The minimum absolute atomic E-state index is 0.0551. The van der Waals surface area contributed by atoms with Gasteiger partial charge in [0.15, 0.2) is 12.6 Å². The maximum atomic E-state index is 14.3. The Labute approximate surface area is 316 Å². The number of likely N-dealkylation sites (N-methyl/N-ethyl adjacent to an activating group) is 2. The van der Waals surface area contributed by atoms with Crippen molar-refractivity contribution >= 4 is 5.97 Å². The largest absolute Gasteiger partial charge is 0.459 e. The van der Waals surface area contributed by atoms with Crippen LogP contribution in [0.15, 0.2) is 0 Å². The summed E-state index contributed by atoms with van der Waals surface area (Å²) in [4.78, 5) is 18.1. The summed E-state index contributed by atoms with van der Waals surface area (Å²) in [6, 6.07) is -0.898. The van der Waals surface area contributed by atoms with Crippen molar-refractivity contribution in [3.05, 3.63) is 0 Å². The minimum atomic E-state index is -1.88. The zero-order valence-corrected chi connectivity index (χ0v) is 34.3. The minimum Gasteiger partial charge on any atom is -0.459 e. The van der Waals surface area contributed by atoms with Crippen molar-refractivity contribution in [1.82, 2.24) is 9.80 Å². The number of cyclic esters (lactones) is 1. The van der Waals surface area contributed by atoms with E-state index in [2.05, 4.69) is 0 Å². The average molecular weight is 765 g/mol. The molecule has 0 amide bonds. The monoisotopic (exact) mass is 765 g/mol. The van der Waals surface area contributed by atoms with E-state index >= 15 is 0 Å². The van der Waals surface area contributed by atoms with Crippen LogP contribution in [-0.4, -0.2) is 178 Å². The maximum Gasteiger partial charge on any atom is 0.314 e. The summed E-state index contributed by atoms with van der Waals surface area (Å²) in [6.45, 7) is 15.2. The molecule has 6 N–H and O–H groups in total. The number of hydrogen-bond acceptors (Lipinski definition) is 15. The molecular weight excluding hydrogens is 692 g/mol. The van der Waals surface area contributed by atoms with Gasteiger partial charge in [-0.2, -0.15) is 0 Å². The Bertz CT molecular complexity index is 1160. The lowest BCUT2D eigenvalue weighted by atomic mass is 9.77. The highest BCUT2D eigenvalue weighted by atomic mass is 16.7. The van der Waals surface area contributed by atoms with E-state index < -0.39 is 103 Å². The first kappa shape index (κ1) is 46.3. The summed E-state index contributed by atoms with van der Waals surface area (Å²) in [5.74, 6) is -3.40. The smallest absolute Gasteiger partial charge is 0.314 e. The SMILES string of the molecule is CC[C@H]1OC(=O)[C@H](CO)[C@@H](O[C@H]2C[C@@](C)(OC)[C@@H](O)[C@H](C)O2)[C@H](C)[C@@H](O[C@@H]2O[C@H](C)C[C@H](N(C)C)[C@H]2O)[C@](C)(O)C[C@@H](C)CN(C)[C@H](C)[C@@H](O)[C@]1(C)O. The van der Waals surface area contributed by atoms with Gasteiger partial charge in [0, 0.05) is 38.1 Å². The van der Waals surface area contributed by atoms with Crippen LogP contribution in [0.3, 0.4) is 0 Å². The highest BCUT2D eigenvalue weighted by molar-refractivity contribution is 5.73. The van der Waals surface area contributed by atoms with E-state index in [-0.39, 0.29) is 37.3 Å². The predicted molar refractivity (Wildman–Crippen MR) is 196 cm³/mol. The molecule has 0 bridgehead atoms. The molecule has 15 nitrogen and oxygen atoms in total. The molecule has 53 heavy (non-hydrogen) atoms. The normalized spacial score (nSPS) is 48.9. The molecule has 0 aromatic rings. The maximum absolute atomic E-state index is 14.3. The van der Waals surface area contributed by atoms with Crippen LogP contribution in [0.2, 0.25) is 0 Å². The van der Waals surface area contributed by atoms with Crippen molar-refractivity contribution in [3.63, 3.8) is 0 Å². The van der Waals surface area contributed by atoms with Crippen molar-refractivity contribution < 1.29 is 63.9 Å². The summed E-state index contributed by atoms with van der Waals surface area (Å²) < 4.78 is 37.3. The van der Waals surface area contributed by atoms with Crippen LogP contribution in [0, 0.1) is 17.8 Å². The molecule has 3 aliphatic heterocycles. The predicted octanol–water partition coefficient (Wildman–Crippen LogP) is 0.873. The van der Waals surface area contributed by atoms with Gasteiger partial charge in [-0.05, 0) is 87.9 Å². The van der Waals surface area contributed by atoms with E-state index in [0.29, 0.717) is 13.0 Å². The zero-order valence-electron chi connectivity index (χ0n) is 34.3. The summed E-state index contributed by atoms with van der Waals surface area (Å²) in [7, 11) is 7.01. The molecule has 18 atom stereocenters. The van der Waals surface area contributed by atoms with E-state index in [0.717, 1.165) is 0 Å². The molecule has 3 aliphatic rings. The molecule has 0 spiro atoms. The van der Waals surface area contributed by atoms with E-state index in [9.17, 15) is 35.4 Å². The molecule has 312 valence electrons. The number of nitrogens with zero attached hydrogens (tertiary/aromatic N) is 2. The van der Waals surface area contributed by atoms with Crippen LogP contribution in [0.4, 0.5) is 0 Å². The first-order chi connectivity index (χ1) is 24.4. The van der Waals surface area contributed by atoms with E-state index in [1.165, 1.54) is 14.0 Å². The zero-order chi connectivity index (χ0) is 40.4. The number of aliphatic hydroxyl groups excluding tert-OH is 4. The molecule has 0 aromatic carbocycles. The van der Waals surface area contributed by atoms with Gasteiger partial charge in [0.1, 0.15) is 35.9 Å². The number of esters is 1. The van der Waals surface area contributed by atoms with Crippen LogP contribution in [0.1, 0.15) is 88.0 Å². The molecule has 0 saturated carbocycles. The van der Waals surface area contributed by atoms with Crippen LogP contribution >= 0.6 is 0 Å². The highest BCUT2D eigenvalue weighted by Crippen LogP contribution is 2.40. The lowest BCUT2D eigenvalue weighted by molar-refractivity contribution is -0.319. The Morgan fingerprint density at radius 2 is 1.58 bits per heavy atom. The molecule has 15 heteroatoms. The molecule has 3 fully saturated rings. The van der Waals surface area contributed by atoms with E-state index in [1.807, 2.05) is 44.8 Å². The van der Waals surface area contributed by atoms with Crippen molar-refractivity contribution in [1.29, 1.82) is 0 Å². The topological polar surface area (TPSA) is 200 Å². The molecule has 3 heterocycles. The molecule has 3 rings (SSSR count). The quantitative estimate of drug-likeness (QED) is 0.190. The van der Waals surface area contributed by atoms with Crippen LogP contribution in [0.25, 0.3) is 0 Å². The van der Waals surface area contributed by atoms with Gasteiger partial charge in [0.2, 0.25) is 0 Å². The number of aliphatic hydroxyl groups is 6. The van der Waals surface area contributed by atoms with Crippen molar-refractivity contribution in [2.45, 2.75) is 178 Å². The number of carbonyl (C=O) groups excluding carboxylic acids is 1. The van der Waals surface area contributed by atoms with E-state index in [1.54, 1.807) is 41.5 Å². The van der Waals surface area contributed by atoms with Gasteiger partial charge in [-0.25, -0.2) is 0 Å². The Morgan fingerprint density at radius 1 is 0.962 bits per heavy atom. The number of ether oxygens (including phenoxy) is 6. The molecule has 0 unspecified atom stereocenters. The lowest BCUT2D eigenvalue weighted by Gasteiger charge is -2.49. The third-order valence-corrected chi connectivity index (χ3v) is 12.2. The number of methoxy groups -OCH3 is 1. The second-order valence-electron chi connectivity index (χ2n) is 17.2. The van der Waals surface area contributed by atoms with Gasteiger partial charge in [-0.1, -0.05) is 20.8 Å². The Morgan fingerprint density at radius 3 is 2.13 bits per heavy atom. The van der Waals surface area contributed by atoms with Crippen LogP contribution in [0.5, 0.6) is 0 Å². The molecular formula is C38H72N2O13. The molecule has 3 saturated heterocycles. The summed E-state index contributed by atoms with van der Waals surface area (Å²) in [5.41, 5.74) is -4.60. The van der Waals surface area contributed by atoms with Crippen molar-refractivity contribution in [3.8, 4) is 0 Å². The average Bonchev–Trinajstić information content (AvgIpc) is 3.07. The highest BCUT2D eigenvalue weighted by Gasteiger charge is 2.53. The van der Waals surface area contributed by atoms with Crippen LogP contribution < -0.4 is 0 Å². The molecule has 0 aromatic heterocycles.